The lowest BCUT2D eigenvalue weighted by atomic mass is 10.1. The first-order valence-corrected chi connectivity index (χ1v) is 6.39. The summed E-state index contributed by atoms with van der Waals surface area (Å²) in [5.41, 5.74) is 1.26. The van der Waals surface area contributed by atoms with Crippen LogP contribution in [0.5, 0.6) is 0 Å². The Labute approximate surface area is 108 Å². The fourth-order valence-corrected chi connectivity index (χ4v) is 1.98. The molecule has 1 rings (SSSR count). The average molecular weight is 255 g/mol. The van der Waals surface area contributed by atoms with Crippen LogP contribution in [0.15, 0.2) is 12.3 Å². The molecule has 1 aromatic heterocycles. The first-order valence-electron chi connectivity index (χ1n) is 6.01. The lowest BCUT2D eigenvalue weighted by molar-refractivity contribution is 0.0933. The molecule has 0 saturated heterocycles. The van der Waals surface area contributed by atoms with Gasteiger partial charge in [-0.3, -0.25) is 9.78 Å². The van der Waals surface area contributed by atoms with E-state index in [9.17, 15) is 4.79 Å². The molecule has 0 spiro atoms. The number of amides is 1. The van der Waals surface area contributed by atoms with E-state index in [2.05, 4.69) is 24.1 Å². The number of rotatable bonds is 5. The second-order valence-electron chi connectivity index (χ2n) is 4.17. The second-order valence-corrected chi connectivity index (χ2v) is 4.58. The molecule has 3 nitrogen and oxygen atoms in total. The SMILES string of the molecule is CCCC(CC)NC(=O)c1cnc(C)cc1Cl. The van der Waals surface area contributed by atoms with Crippen molar-refractivity contribution in [2.75, 3.05) is 0 Å². The normalized spacial score (nSPS) is 12.2. The Morgan fingerprint density at radius 2 is 2.24 bits per heavy atom. The van der Waals surface area contributed by atoms with Gasteiger partial charge in [-0.25, -0.2) is 0 Å². The monoisotopic (exact) mass is 254 g/mol. The molecular formula is C13H19ClN2O. The zero-order valence-electron chi connectivity index (χ0n) is 10.6. The molecule has 4 heteroatoms. The predicted octanol–water partition coefficient (Wildman–Crippen LogP) is 3.35. The van der Waals surface area contributed by atoms with Gasteiger partial charge in [-0.1, -0.05) is 31.9 Å². The van der Waals surface area contributed by atoms with Crippen LogP contribution >= 0.6 is 11.6 Å². The van der Waals surface area contributed by atoms with E-state index in [1.165, 1.54) is 6.20 Å². The summed E-state index contributed by atoms with van der Waals surface area (Å²) in [7, 11) is 0. The molecule has 0 saturated carbocycles. The topological polar surface area (TPSA) is 42.0 Å². The van der Waals surface area contributed by atoms with Gasteiger partial charge in [0.1, 0.15) is 0 Å². The van der Waals surface area contributed by atoms with Crippen molar-refractivity contribution in [2.24, 2.45) is 0 Å². The van der Waals surface area contributed by atoms with E-state index < -0.39 is 0 Å². The highest BCUT2D eigenvalue weighted by Gasteiger charge is 2.14. The molecule has 0 fully saturated rings. The Kier molecular flexibility index (Phi) is 5.42. The van der Waals surface area contributed by atoms with E-state index in [0.29, 0.717) is 10.6 Å². The molecule has 94 valence electrons. The quantitative estimate of drug-likeness (QED) is 0.876. The van der Waals surface area contributed by atoms with Crippen molar-refractivity contribution < 1.29 is 4.79 Å². The Morgan fingerprint density at radius 1 is 1.53 bits per heavy atom. The third-order valence-electron chi connectivity index (χ3n) is 2.70. The van der Waals surface area contributed by atoms with Crippen LogP contribution in [-0.2, 0) is 0 Å². The minimum atomic E-state index is -0.136. The van der Waals surface area contributed by atoms with Crippen LogP contribution in [0.4, 0.5) is 0 Å². The summed E-state index contributed by atoms with van der Waals surface area (Å²) in [6, 6.07) is 1.92. The summed E-state index contributed by atoms with van der Waals surface area (Å²) in [4.78, 5) is 16.1. The molecule has 1 amide bonds. The van der Waals surface area contributed by atoms with Crippen molar-refractivity contribution in [3.63, 3.8) is 0 Å². The number of hydrogen-bond acceptors (Lipinski definition) is 2. The maximum absolute atomic E-state index is 12.0. The van der Waals surface area contributed by atoms with Crippen LogP contribution in [0.25, 0.3) is 0 Å². The number of carbonyl (C=O) groups excluding carboxylic acids is 1. The van der Waals surface area contributed by atoms with Gasteiger partial charge in [-0.15, -0.1) is 0 Å². The zero-order chi connectivity index (χ0) is 12.8. The van der Waals surface area contributed by atoms with Crippen LogP contribution in [0.2, 0.25) is 5.02 Å². The highest BCUT2D eigenvalue weighted by Crippen LogP contribution is 2.16. The maximum atomic E-state index is 12.0. The molecule has 1 N–H and O–H groups in total. The van der Waals surface area contributed by atoms with E-state index >= 15 is 0 Å². The van der Waals surface area contributed by atoms with Crippen molar-refractivity contribution in [3.05, 3.63) is 28.5 Å². The summed E-state index contributed by atoms with van der Waals surface area (Å²) in [6.07, 6.45) is 4.50. The molecule has 17 heavy (non-hydrogen) atoms. The highest BCUT2D eigenvalue weighted by molar-refractivity contribution is 6.33. The number of nitrogens with zero attached hydrogens (tertiary/aromatic N) is 1. The van der Waals surface area contributed by atoms with Gasteiger partial charge < -0.3 is 5.32 Å². The minimum Gasteiger partial charge on any atom is -0.349 e. The third kappa shape index (κ3) is 4.00. The standard InChI is InChI=1S/C13H19ClN2O/c1-4-6-10(5-2)16-13(17)11-8-15-9(3)7-12(11)14/h7-8,10H,4-6H2,1-3H3,(H,16,17). The first kappa shape index (κ1) is 14.0. The molecule has 1 heterocycles. The maximum Gasteiger partial charge on any atom is 0.254 e. The number of nitrogens with one attached hydrogen (secondary N) is 1. The van der Waals surface area contributed by atoms with Crippen LogP contribution < -0.4 is 5.32 Å². The van der Waals surface area contributed by atoms with E-state index in [-0.39, 0.29) is 11.9 Å². The molecule has 1 unspecified atom stereocenters. The smallest absolute Gasteiger partial charge is 0.254 e. The number of halogens is 1. The summed E-state index contributed by atoms with van der Waals surface area (Å²) in [5.74, 6) is -0.136. The minimum absolute atomic E-state index is 0.136. The molecule has 0 aliphatic rings. The number of pyridine rings is 1. The zero-order valence-corrected chi connectivity index (χ0v) is 11.3. The Morgan fingerprint density at radius 3 is 2.76 bits per heavy atom. The van der Waals surface area contributed by atoms with Crippen LogP contribution in [0.1, 0.15) is 49.2 Å². The Hall–Kier alpha value is -1.09. The van der Waals surface area contributed by atoms with Crippen molar-refractivity contribution in [1.82, 2.24) is 10.3 Å². The molecule has 0 aromatic carbocycles. The van der Waals surface area contributed by atoms with Crippen LogP contribution in [0, 0.1) is 6.92 Å². The van der Waals surface area contributed by atoms with Gasteiger partial charge in [0.05, 0.1) is 10.6 Å². The van der Waals surface area contributed by atoms with Gasteiger partial charge in [0.25, 0.3) is 5.91 Å². The van der Waals surface area contributed by atoms with Gasteiger partial charge in [0.15, 0.2) is 0 Å². The Bertz CT molecular complexity index is 393. The van der Waals surface area contributed by atoms with Gasteiger partial charge in [0, 0.05) is 17.9 Å². The fourth-order valence-electron chi connectivity index (χ4n) is 1.68. The van der Waals surface area contributed by atoms with E-state index in [4.69, 9.17) is 11.6 Å². The van der Waals surface area contributed by atoms with Crippen LogP contribution in [0.3, 0.4) is 0 Å². The third-order valence-corrected chi connectivity index (χ3v) is 3.01. The van der Waals surface area contributed by atoms with Gasteiger partial charge in [0.2, 0.25) is 0 Å². The molecule has 0 aliphatic heterocycles. The summed E-state index contributed by atoms with van der Waals surface area (Å²) in [6.45, 7) is 6.02. The van der Waals surface area contributed by atoms with Crippen molar-refractivity contribution in [1.29, 1.82) is 0 Å². The summed E-state index contributed by atoms with van der Waals surface area (Å²) < 4.78 is 0. The van der Waals surface area contributed by atoms with E-state index in [1.807, 2.05) is 6.92 Å². The Balaban J connectivity index is 2.75. The van der Waals surface area contributed by atoms with Crippen molar-refractivity contribution >= 4 is 17.5 Å². The first-order chi connectivity index (χ1) is 8.08. The van der Waals surface area contributed by atoms with Crippen molar-refractivity contribution in [3.8, 4) is 0 Å². The van der Waals surface area contributed by atoms with Gasteiger partial charge in [-0.2, -0.15) is 0 Å². The van der Waals surface area contributed by atoms with Gasteiger partial charge >= 0.3 is 0 Å². The van der Waals surface area contributed by atoms with Crippen LogP contribution in [-0.4, -0.2) is 16.9 Å². The lowest BCUT2D eigenvalue weighted by Gasteiger charge is -2.16. The largest absolute Gasteiger partial charge is 0.349 e. The summed E-state index contributed by atoms with van der Waals surface area (Å²) in [5, 5.41) is 3.44. The lowest BCUT2D eigenvalue weighted by Crippen LogP contribution is -2.34. The molecule has 1 atom stereocenters. The molecule has 1 aromatic rings. The fraction of sp³-hybridized carbons (Fsp3) is 0.538. The molecule has 0 radical (unpaired) electrons. The number of carbonyl (C=O) groups is 1. The molecular weight excluding hydrogens is 236 g/mol. The predicted molar refractivity (Wildman–Crippen MR) is 70.4 cm³/mol. The highest BCUT2D eigenvalue weighted by atomic mass is 35.5. The van der Waals surface area contributed by atoms with E-state index in [0.717, 1.165) is 25.0 Å². The van der Waals surface area contributed by atoms with E-state index in [1.54, 1.807) is 6.07 Å². The number of hydrogen-bond donors (Lipinski definition) is 1. The van der Waals surface area contributed by atoms with Crippen molar-refractivity contribution in [2.45, 2.75) is 46.1 Å². The average Bonchev–Trinajstić information content (AvgIpc) is 2.28. The number of aromatic nitrogens is 1. The molecule has 0 bridgehead atoms. The van der Waals surface area contributed by atoms with Gasteiger partial charge in [-0.05, 0) is 25.8 Å². The summed E-state index contributed by atoms with van der Waals surface area (Å²) >= 11 is 6.03. The molecule has 0 aliphatic carbocycles. The second kappa shape index (κ2) is 6.60. The number of aryl methyl sites for hydroxylation is 1.